The van der Waals surface area contributed by atoms with Gasteiger partial charge < -0.3 is 10.5 Å². The van der Waals surface area contributed by atoms with Gasteiger partial charge in [-0.1, -0.05) is 13.8 Å². The molecule has 1 saturated heterocycles. The van der Waals surface area contributed by atoms with Crippen molar-refractivity contribution in [1.29, 1.82) is 0 Å². The molecule has 96 valence electrons. The third-order valence-corrected chi connectivity index (χ3v) is 4.04. The minimum Gasteiger partial charge on any atom is -0.377 e. The molecule has 0 bridgehead atoms. The summed E-state index contributed by atoms with van der Waals surface area (Å²) in [6, 6.07) is 0. The molecule has 0 aromatic rings. The van der Waals surface area contributed by atoms with E-state index >= 15 is 0 Å². The molecule has 3 nitrogen and oxygen atoms in total. The van der Waals surface area contributed by atoms with Gasteiger partial charge in [-0.2, -0.15) is 0 Å². The highest BCUT2D eigenvalue weighted by atomic mass is 16.5. The van der Waals surface area contributed by atoms with Gasteiger partial charge in [-0.25, -0.2) is 0 Å². The Bertz CT molecular complexity index is 186. The summed E-state index contributed by atoms with van der Waals surface area (Å²) >= 11 is 0. The van der Waals surface area contributed by atoms with E-state index in [1.807, 2.05) is 0 Å². The van der Waals surface area contributed by atoms with E-state index < -0.39 is 0 Å². The van der Waals surface area contributed by atoms with Gasteiger partial charge in [0.25, 0.3) is 0 Å². The van der Waals surface area contributed by atoms with Gasteiger partial charge >= 0.3 is 0 Å². The smallest absolute Gasteiger partial charge is 0.0702 e. The topological polar surface area (TPSA) is 38.5 Å². The van der Waals surface area contributed by atoms with Crippen LogP contribution in [-0.4, -0.2) is 42.8 Å². The zero-order valence-electron chi connectivity index (χ0n) is 11.2. The summed E-state index contributed by atoms with van der Waals surface area (Å²) in [6.07, 6.45) is 5.27. The number of hydrogen-bond donors (Lipinski definition) is 1. The van der Waals surface area contributed by atoms with Crippen molar-refractivity contribution in [3.05, 3.63) is 0 Å². The molecule has 0 saturated carbocycles. The predicted octanol–water partition coefficient (Wildman–Crippen LogP) is 2.00. The fraction of sp³-hybridized carbons (Fsp3) is 1.00. The lowest BCUT2D eigenvalue weighted by atomic mass is 9.95. The predicted molar refractivity (Wildman–Crippen MR) is 68.6 cm³/mol. The van der Waals surface area contributed by atoms with Crippen molar-refractivity contribution in [2.24, 2.45) is 5.73 Å². The van der Waals surface area contributed by atoms with Crippen molar-refractivity contribution >= 4 is 0 Å². The van der Waals surface area contributed by atoms with Crippen molar-refractivity contribution in [1.82, 2.24) is 4.90 Å². The summed E-state index contributed by atoms with van der Waals surface area (Å²) in [5.74, 6) is 0. The van der Waals surface area contributed by atoms with Gasteiger partial charge in [0, 0.05) is 25.2 Å². The Morgan fingerprint density at radius 3 is 2.56 bits per heavy atom. The van der Waals surface area contributed by atoms with E-state index in [0.717, 1.165) is 32.7 Å². The second-order valence-electron chi connectivity index (χ2n) is 5.08. The Balaban J connectivity index is 2.52. The molecule has 1 aliphatic heterocycles. The monoisotopic (exact) mass is 228 g/mol. The average Bonchev–Trinajstić information content (AvgIpc) is 2.36. The summed E-state index contributed by atoms with van der Waals surface area (Å²) in [4.78, 5) is 2.49. The van der Waals surface area contributed by atoms with Crippen molar-refractivity contribution < 1.29 is 4.74 Å². The van der Waals surface area contributed by atoms with E-state index in [9.17, 15) is 0 Å². The van der Waals surface area contributed by atoms with Crippen LogP contribution in [0.5, 0.6) is 0 Å². The van der Waals surface area contributed by atoms with Gasteiger partial charge in [0.15, 0.2) is 0 Å². The highest BCUT2D eigenvalue weighted by Gasteiger charge is 2.29. The molecular weight excluding hydrogens is 200 g/mol. The van der Waals surface area contributed by atoms with E-state index in [0.29, 0.717) is 6.10 Å². The second kappa shape index (κ2) is 6.58. The molecule has 16 heavy (non-hydrogen) atoms. The molecule has 3 heteroatoms. The first-order chi connectivity index (χ1) is 7.66. The average molecular weight is 228 g/mol. The fourth-order valence-corrected chi connectivity index (χ4v) is 2.43. The highest BCUT2D eigenvalue weighted by molar-refractivity contribution is 4.87. The Morgan fingerprint density at radius 2 is 2.12 bits per heavy atom. The largest absolute Gasteiger partial charge is 0.377 e. The third kappa shape index (κ3) is 3.44. The molecule has 1 aliphatic rings. The van der Waals surface area contributed by atoms with Gasteiger partial charge in [-0.15, -0.1) is 0 Å². The maximum absolute atomic E-state index is 5.92. The number of ether oxygens (including phenoxy) is 1. The molecule has 0 aliphatic carbocycles. The maximum atomic E-state index is 5.92. The van der Waals surface area contributed by atoms with Gasteiger partial charge in [0.05, 0.1) is 6.10 Å². The van der Waals surface area contributed by atoms with Crippen LogP contribution in [-0.2, 0) is 4.74 Å². The van der Waals surface area contributed by atoms with Crippen LogP contribution < -0.4 is 5.73 Å². The second-order valence-corrected chi connectivity index (χ2v) is 5.08. The number of likely N-dealkylation sites (N-methyl/N-ethyl adjacent to an activating group) is 1. The van der Waals surface area contributed by atoms with Crippen LogP contribution in [0.2, 0.25) is 0 Å². The van der Waals surface area contributed by atoms with Crippen LogP contribution in [0.1, 0.15) is 46.5 Å². The van der Waals surface area contributed by atoms with Crippen LogP contribution >= 0.6 is 0 Å². The number of nitrogens with two attached hydrogens (primary N) is 1. The summed E-state index contributed by atoms with van der Waals surface area (Å²) in [7, 11) is 0. The van der Waals surface area contributed by atoms with Crippen LogP contribution in [0, 0.1) is 0 Å². The zero-order chi connectivity index (χ0) is 12.0. The lowest BCUT2D eigenvalue weighted by Crippen LogP contribution is -2.54. The lowest BCUT2D eigenvalue weighted by molar-refractivity contribution is -0.0269. The van der Waals surface area contributed by atoms with Crippen molar-refractivity contribution in [2.45, 2.75) is 58.1 Å². The summed E-state index contributed by atoms with van der Waals surface area (Å²) in [5, 5.41) is 0. The molecule has 1 rings (SSSR count). The molecule has 0 aromatic carbocycles. The molecule has 2 unspecified atom stereocenters. The normalized spacial score (nSPS) is 25.7. The molecular formula is C13H28N2O. The van der Waals surface area contributed by atoms with Crippen LogP contribution in [0.15, 0.2) is 0 Å². The molecule has 0 radical (unpaired) electrons. The quantitative estimate of drug-likeness (QED) is 0.756. The standard InChI is InChI=1S/C13H28N2O/c1-4-13(3,11-14)15(5-2)10-12-8-6-7-9-16-12/h12H,4-11,14H2,1-3H3. The van der Waals surface area contributed by atoms with E-state index in [1.165, 1.54) is 19.3 Å². The number of nitrogens with zero attached hydrogens (tertiary/aromatic N) is 1. The lowest BCUT2D eigenvalue weighted by Gasteiger charge is -2.42. The van der Waals surface area contributed by atoms with Crippen molar-refractivity contribution in [3.8, 4) is 0 Å². The van der Waals surface area contributed by atoms with Gasteiger partial charge in [-0.05, 0) is 39.2 Å². The van der Waals surface area contributed by atoms with Gasteiger partial charge in [0.2, 0.25) is 0 Å². The summed E-state index contributed by atoms with van der Waals surface area (Å²) < 4.78 is 5.81. The van der Waals surface area contributed by atoms with Crippen LogP contribution in [0.3, 0.4) is 0 Å². The molecule has 0 aromatic heterocycles. The van der Waals surface area contributed by atoms with Crippen molar-refractivity contribution in [2.75, 3.05) is 26.2 Å². The van der Waals surface area contributed by atoms with Gasteiger partial charge in [-0.3, -0.25) is 4.90 Å². The summed E-state index contributed by atoms with van der Waals surface area (Å²) in [6.45, 7) is 10.5. The maximum Gasteiger partial charge on any atom is 0.0702 e. The first-order valence-electron chi connectivity index (χ1n) is 6.73. The molecule has 2 N–H and O–H groups in total. The first-order valence-corrected chi connectivity index (χ1v) is 6.73. The highest BCUT2D eigenvalue weighted by Crippen LogP contribution is 2.21. The Kier molecular flexibility index (Phi) is 5.73. The number of rotatable bonds is 6. The Labute approximate surface area is 100 Å². The Hall–Kier alpha value is -0.120. The minimum atomic E-state index is 0.134. The van der Waals surface area contributed by atoms with E-state index in [1.54, 1.807) is 0 Å². The molecule has 0 amide bonds. The van der Waals surface area contributed by atoms with E-state index in [-0.39, 0.29) is 5.54 Å². The molecule has 2 atom stereocenters. The van der Waals surface area contributed by atoms with Crippen molar-refractivity contribution in [3.63, 3.8) is 0 Å². The summed E-state index contributed by atoms with van der Waals surface area (Å²) in [5.41, 5.74) is 6.05. The van der Waals surface area contributed by atoms with Crippen LogP contribution in [0.4, 0.5) is 0 Å². The molecule has 1 fully saturated rings. The minimum absolute atomic E-state index is 0.134. The van der Waals surface area contributed by atoms with E-state index in [2.05, 4.69) is 25.7 Å². The number of hydrogen-bond acceptors (Lipinski definition) is 3. The Morgan fingerprint density at radius 1 is 1.38 bits per heavy atom. The SMILES string of the molecule is CCN(CC1CCCCO1)C(C)(CC)CN. The first kappa shape index (κ1) is 13.9. The third-order valence-electron chi connectivity index (χ3n) is 4.04. The van der Waals surface area contributed by atoms with Crippen LogP contribution in [0.25, 0.3) is 0 Å². The molecule has 0 spiro atoms. The van der Waals surface area contributed by atoms with E-state index in [4.69, 9.17) is 10.5 Å². The fourth-order valence-electron chi connectivity index (χ4n) is 2.43. The zero-order valence-corrected chi connectivity index (χ0v) is 11.2. The van der Waals surface area contributed by atoms with Gasteiger partial charge in [0.1, 0.15) is 0 Å². The molecule has 1 heterocycles.